The van der Waals surface area contributed by atoms with Crippen LogP contribution in [0.4, 0.5) is 4.39 Å². The van der Waals surface area contributed by atoms with Crippen LogP contribution in [-0.4, -0.2) is 28.8 Å². The van der Waals surface area contributed by atoms with E-state index in [2.05, 4.69) is 5.32 Å². The molecule has 0 heterocycles. The fourth-order valence-corrected chi connectivity index (χ4v) is 4.98. The largest absolute Gasteiger partial charge is 0.352 e. The summed E-state index contributed by atoms with van der Waals surface area (Å²) < 4.78 is 14.5. The molecule has 4 nitrogen and oxygen atoms in total. The highest BCUT2D eigenvalue weighted by molar-refractivity contribution is 5.89. The van der Waals surface area contributed by atoms with E-state index in [1.165, 1.54) is 12.5 Å². The number of nitrogens with one attached hydrogen (secondary N) is 1. The molecule has 3 aromatic rings. The molecular weight excluding hydrogens is 451 g/mol. The van der Waals surface area contributed by atoms with E-state index in [1.54, 1.807) is 23.1 Å². The number of benzene rings is 3. The van der Waals surface area contributed by atoms with Crippen molar-refractivity contribution in [1.82, 2.24) is 10.2 Å². The molecule has 1 aliphatic carbocycles. The normalized spacial score (nSPS) is 14.7. The Balaban J connectivity index is 1.67. The predicted octanol–water partition coefficient (Wildman–Crippen LogP) is 5.77. The van der Waals surface area contributed by atoms with Crippen molar-refractivity contribution in [3.63, 3.8) is 0 Å². The smallest absolute Gasteiger partial charge is 0.243 e. The van der Waals surface area contributed by atoms with Crippen molar-refractivity contribution >= 4 is 11.8 Å². The average Bonchev–Trinajstić information content (AvgIpc) is 2.89. The quantitative estimate of drug-likeness (QED) is 0.418. The van der Waals surface area contributed by atoms with Crippen LogP contribution < -0.4 is 5.32 Å². The molecule has 36 heavy (non-hydrogen) atoms. The molecule has 1 N–H and O–H groups in total. The van der Waals surface area contributed by atoms with Gasteiger partial charge in [-0.05, 0) is 48.1 Å². The Kier molecular flexibility index (Phi) is 8.88. The van der Waals surface area contributed by atoms with Crippen LogP contribution in [0.5, 0.6) is 0 Å². The van der Waals surface area contributed by atoms with Crippen LogP contribution in [0.1, 0.15) is 54.4 Å². The van der Waals surface area contributed by atoms with Crippen molar-refractivity contribution in [2.45, 2.75) is 70.5 Å². The minimum absolute atomic E-state index is 0.0967. The first-order valence-electron chi connectivity index (χ1n) is 12.9. The van der Waals surface area contributed by atoms with Crippen molar-refractivity contribution in [3.8, 4) is 0 Å². The summed E-state index contributed by atoms with van der Waals surface area (Å²) in [7, 11) is 0. The zero-order valence-electron chi connectivity index (χ0n) is 21.0. The summed E-state index contributed by atoms with van der Waals surface area (Å²) in [5, 5.41) is 3.24. The summed E-state index contributed by atoms with van der Waals surface area (Å²) in [5.74, 6) is -0.808. The number of aryl methyl sites for hydroxylation is 1. The second-order valence-corrected chi connectivity index (χ2v) is 9.77. The lowest BCUT2D eigenvalue weighted by atomic mass is 9.94. The first-order chi connectivity index (χ1) is 17.5. The molecule has 188 valence electrons. The van der Waals surface area contributed by atoms with Gasteiger partial charge in [-0.1, -0.05) is 92.1 Å². The molecule has 0 radical (unpaired) electrons. The molecular formula is C31H35FN2O2. The van der Waals surface area contributed by atoms with E-state index < -0.39 is 11.9 Å². The number of rotatable bonds is 9. The van der Waals surface area contributed by atoms with Gasteiger partial charge in [0.25, 0.3) is 0 Å². The van der Waals surface area contributed by atoms with Crippen molar-refractivity contribution < 1.29 is 14.0 Å². The molecule has 1 atom stereocenters. The number of hydrogen-bond donors (Lipinski definition) is 1. The maximum absolute atomic E-state index is 14.5. The minimum Gasteiger partial charge on any atom is -0.352 e. The van der Waals surface area contributed by atoms with Gasteiger partial charge in [0.1, 0.15) is 11.9 Å². The molecule has 3 aromatic carbocycles. The van der Waals surface area contributed by atoms with E-state index >= 15 is 0 Å². The summed E-state index contributed by atoms with van der Waals surface area (Å²) in [6.07, 6.45) is 5.63. The Morgan fingerprint density at radius 1 is 0.889 bits per heavy atom. The molecule has 0 bridgehead atoms. The average molecular weight is 487 g/mol. The highest BCUT2D eigenvalue weighted by Gasteiger charge is 2.32. The molecule has 1 fully saturated rings. The van der Waals surface area contributed by atoms with Crippen molar-refractivity contribution in [1.29, 1.82) is 0 Å². The highest BCUT2D eigenvalue weighted by Crippen LogP contribution is 2.21. The SMILES string of the molecule is Cc1ccccc1CN(C(=O)Cc1ccccc1F)[C@@H](Cc1ccccc1)C(=O)NC1CCCCC1. The highest BCUT2D eigenvalue weighted by atomic mass is 19.1. The third-order valence-corrected chi connectivity index (χ3v) is 7.12. The standard InChI is InChI=1S/C31H35FN2O2/c1-23-12-8-9-16-26(23)22-34(30(35)21-25-15-10-11-19-28(25)32)29(20-24-13-4-2-5-14-24)31(36)33-27-17-6-3-7-18-27/h2,4-5,8-16,19,27,29H,3,6-7,17-18,20-22H2,1H3,(H,33,36)/t29-/m0/s1. The van der Waals surface area contributed by atoms with E-state index in [-0.39, 0.29) is 30.8 Å². The lowest BCUT2D eigenvalue weighted by Crippen LogP contribution is -2.53. The van der Waals surface area contributed by atoms with Crippen LogP contribution in [0.25, 0.3) is 0 Å². The first-order valence-corrected chi connectivity index (χ1v) is 12.9. The van der Waals surface area contributed by atoms with Gasteiger partial charge < -0.3 is 10.2 Å². The Bertz CT molecular complexity index is 1160. The predicted molar refractivity (Wildman–Crippen MR) is 141 cm³/mol. The Labute approximate surface area is 213 Å². The number of carbonyl (C=O) groups is 2. The van der Waals surface area contributed by atoms with E-state index in [0.717, 1.165) is 42.4 Å². The van der Waals surface area contributed by atoms with Crippen LogP contribution in [-0.2, 0) is 29.0 Å². The van der Waals surface area contributed by atoms with Gasteiger partial charge in [0.05, 0.1) is 6.42 Å². The third-order valence-electron chi connectivity index (χ3n) is 7.12. The fraction of sp³-hybridized carbons (Fsp3) is 0.355. The Morgan fingerprint density at radius 3 is 2.22 bits per heavy atom. The number of carbonyl (C=O) groups excluding carboxylic acids is 2. The van der Waals surface area contributed by atoms with Crippen LogP contribution in [0.3, 0.4) is 0 Å². The maximum atomic E-state index is 14.5. The van der Waals surface area contributed by atoms with E-state index in [0.29, 0.717) is 12.0 Å². The summed E-state index contributed by atoms with van der Waals surface area (Å²) in [5.41, 5.74) is 3.34. The van der Waals surface area contributed by atoms with Crippen LogP contribution in [0, 0.1) is 12.7 Å². The molecule has 4 rings (SSSR count). The van der Waals surface area contributed by atoms with Crippen molar-refractivity contribution in [2.24, 2.45) is 0 Å². The zero-order valence-corrected chi connectivity index (χ0v) is 21.0. The second kappa shape index (κ2) is 12.5. The van der Waals surface area contributed by atoms with Gasteiger partial charge in [0.15, 0.2) is 0 Å². The number of halogens is 1. The number of nitrogens with zero attached hydrogens (tertiary/aromatic N) is 1. The molecule has 1 aliphatic rings. The molecule has 0 saturated heterocycles. The summed E-state index contributed by atoms with van der Waals surface area (Å²) in [6.45, 7) is 2.29. The Hall–Kier alpha value is -3.47. The summed E-state index contributed by atoms with van der Waals surface area (Å²) in [4.78, 5) is 29.2. The van der Waals surface area contributed by atoms with Gasteiger partial charge in [-0.3, -0.25) is 9.59 Å². The third kappa shape index (κ3) is 6.81. The van der Waals surface area contributed by atoms with Gasteiger partial charge in [-0.15, -0.1) is 0 Å². The van der Waals surface area contributed by atoms with Crippen LogP contribution in [0.2, 0.25) is 0 Å². The van der Waals surface area contributed by atoms with Crippen molar-refractivity contribution in [3.05, 3.63) is 107 Å². The number of hydrogen-bond acceptors (Lipinski definition) is 2. The topological polar surface area (TPSA) is 49.4 Å². The van der Waals surface area contributed by atoms with Crippen molar-refractivity contribution in [2.75, 3.05) is 0 Å². The van der Waals surface area contributed by atoms with Gasteiger partial charge in [0, 0.05) is 19.0 Å². The molecule has 0 aliphatic heterocycles. The van der Waals surface area contributed by atoms with E-state index in [1.807, 2.05) is 61.5 Å². The monoisotopic (exact) mass is 486 g/mol. The van der Waals surface area contributed by atoms with Crippen LogP contribution >= 0.6 is 0 Å². The molecule has 2 amide bonds. The number of amides is 2. The van der Waals surface area contributed by atoms with Gasteiger partial charge in [-0.2, -0.15) is 0 Å². The molecule has 1 saturated carbocycles. The first kappa shape index (κ1) is 25.6. The lowest BCUT2D eigenvalue weighted by molar-refractivity contribution is -0.141. The fourth-order valence-electron chi connectivity index (χ4n) is 4.98. The molecule has 0 unspecified atom stereocenters. The minimum atomic E-state index is -0.701. The van der Waals surface area contributed by atoms with E-state index in [9.17, 15) is 14.0 Å². The summed E-state index contributed by atoms with van der Waals surface area (Å²) in [6, 6.07) is 23.4. The molecule has 0 spiro atoms. The maximum Gasteiger partial charge on any atom is 0.243 e. The Morgan fingerprint density at radius 2 is 1.53 bits per heavy atom. The molecule has 0 aromatic heterocycles. The second-order valence-electron chi connectivity index (χ2n) is 9.77. The molecule has 5 heteroatoms. The summed E-state index contributed by atoms with van der Waals surface area (Å²) >= 11 is 0. The van der Waals surface area contributed by atoms with Gasteiger partial charge in [0.2, 0.25) is 11.8 Å². The van der Waals surface area contributed by atoms with E-state index in [4.69, 9.17) is 0 Å². The lowest BCUT2D eigenvalue weighted by Gasteiger charge is -2.34. The zero-order chi connectivity index (χ0) is 25.3. The van der Waals surface area contributed by atoms with Gasteiger partial charge in [-0.25, -0.2) is 4.39 Å². The van der Waals surface area contributed by atoms with Gasteiger partial charge >= 0.3 is 0 Å². The van der Waals surface area contributed by atoms with Crippen LogP contribution in [0.15, 0.2) is 78.9 Å².